The molecule has 4 heteroatoms. The number of nitrogens with zero attached hydrogens (tertiary/aromatic N) is 2. The van der Waals surface area contributed by atoms with Gasteiger partial charge in [-0.3, -0.25) is 9.78 Å². The third-order valence-electron chi connectivity index (χ3n) is 7.34. The lowest BCUT2D eigenvalue weighted by Gasteiger charge is -2.42. The van der Waals surface area contributed by atoms with Gasteiger partial charge in [0.05, 0.1) is 5.41 Å². The molecule has 3 heterocycles. The summed E-state index contributed by atoms with van der Waals surface area (Å²) in [4.78, 5) is 20.9. The number of aromatic nitrogens is 1. The van der Waals surface area contributed by atoms with Gasteiger partial charge in [-0.25, -0.2) is 0 Å². The molecule has 0 spiro atoms. The van der Waals surface area contributed by atoms with Gasteiger partial charge in [-0.15, -0.1) is 0 Å². The van der Waals surface area contributed by atoms with Gasteiger partial charge in [-0.1, -0.05) is 66.7 Å². The SMILES string of the molecule is O=C(N1CCC(c2cccc(Cc3ccccc3)n2)CC1)C1(c2ccccc2)CCOCC1. The van der Waals surface area contributed by atoms with Gasteiger partial charge < -0.3 is 9.64 Å². The van der Waals surface area contributed by atoms with E-state index in [9.17, 15) is 4.79 Å². The average molecular weight is 441 g/mol. The summed E-state index contributed by atoms with van der Waals surface area (Å²) in [5, 5.41) is 0. The van der Waals surface area contributed by atoms with Crippen molar-refractivity contribution in [1.82, 2.24) is 9.88 Å². The second kappa shape index (κ2) is 9.88. The number of amides is 1. The van der Waals surface area contributed by atoms with E-state index < -0.39 is 5.41 Å². The third kappa shape index (κ3) is 4.72. The average Bonchev–Trinajstić information content (AvgIpc) is 2.90. The number of carbonyl (C=O) groups is 1. The van der Waals surface area contributed by atoms with E-state index >= 15 is 0 Å². The van der Waals surface area contributed by atoms with Crippen molar-refractivity contribution in [3.05, 3.63) is 101 Å². The molecule has 5 rings (SSSR count). The minimum absolute atomic E-state index is 0.279. The lowest BCUT2D eigenvalue weighted by molar-refractivity contribution is -0.142. The number of pyridine rings is 1. The van der Waals surface area contributed by atoms with Crippen molar-refractivity contribution in [1.29, 1.82) is 0 Å². The van der Waals surface area contributed by atoms with Crippen LogP contribution in [-0.4, -0.2) is 42.1 Å². The van der Waals surface area contributed by atoms with Crippen LogP contribution in [0.5, 0.6) is 0 Å². The van der Waals surface area contributed by atoms with Crippen LogP contribution in [0, 0.1) is 0 Å². The summed E-state index contributed by atoms with van der Waals surface area (Å²) in [7, 11) is 0. The van der Waals surface area contributed by atoms with E-state index in [-0.39, 0.29) is 5.91 Å². The molecule has 0 atom stereocenters. The zero-order valence-electron chi connectivity index (χ0n) is 19.2. The fourth-order valence-corrected chi connectivity index (χ4v) is 5.41. The maximum atomic E-state index is 13.8. The Bertz CT molecular complexity index is 1050. The van der Waals surface area contributed by atoms with Gasteiger partial charge in [0.15, 0.2) is 0 Å². The fourth-order valence-electron chi connectivity index (χ4n) is 5.41. The van der Waals surface area contributed by atoms with E-state index in [2.05, 4.69) is 59.5 Å². The Morgan fingerprint density at radius 3 is 2.24 bits per heavy atom. The number of carbonyl (C=O) groups excluding carboxylic acids is 1. The predicted molar refractivity (Wildman–Crippen MR) is 130 cm³/mol. The molecule has 0 bridgehead atoms. The minimum atomic E-state index is -0.444. The number of benzene rings is 2. The first-order valence-electron chi connectivity index (χ1n) is 12.2. The summed E-state index contributed by atoms with van der Waals surface area (Å²) < 4.78 is 5.63. The van der Waals surface area contributed by atoms with Crippen LogP contribution in [0.15, 0.2) is 78.9 Å². The quantitative estimate of drug-likeness (QED) is 0.553. The van der Waals surface area contributed by atoms with Crippen molar-refractivity contribution in [2.24, 2.45) is 0 Å². The van der Waals surface area contributed by atoms with Gasteiger partial charge in [-0.05, 0) is 48.9 Å². The summed E-state index contributed by atoms with van der Waals surface area (Å²) >= 11 is 0. The normalized spacial score (nSPS) is 18.7. The van der Waals surface area contributed by atoms with Crippen LogP contribution in [0.2, 0.25) is 0 Å². The van der Waals surface area contributed by atoms with Crippen LogP contribution < -0.4 is 0 Å². The summed E-state index contributed by atoms with van der Waals surface area (Å²) in [6.07, 6.45) is 4.31. The Morgan fingerprint density at radius 1 is 0.879 bits per heavy atom. The number of rotatable bonds is 5. The van der Waals surface area contributed by atoms with E-state index in [1.807, 2.05) is 24.3 Å². The molecular weight excluding hydrogens is 408 g/mol. The van der Waals surface area contributed by atoms with Crippen LogP contribution in [0.1, 0.15) is 54.1 Å². The van der Waals surface area contributed by atoms with Crippen molar-refractivity contribution in [3.63, 3.8) is 0 Å². The first-order valence-corrected chi connectivity index (χ1v) is 12.2. The topological polar surface area (TPSA) is 42.4 Å². The molecule has 1 amide bonds. The Kier molecular flexibility index (Phi) is 6.54. The van der Waals surface area contributed by atoms with Gasteiger partial charge in [0, 0.05) is 50.0 Å². The van der Waals surface area contributed by atoms with E-state index in [0.717, 1.165) is 56.5 Å². The van der Waals surface area contributed by atoms with Crippen LogP contribution in [0.3, 0.4) is 0 Å². The van der Waals surface area contributed by atoms with Crippen molar-refractivity contribution in [3.8, 4) is 0 Å². The minimum Gasteiger partial charge on any atom is -0.381 e. The van der Waals surface area contributed by atoms with E-state index in [1.54, 1.807) is 0 Å². The van der Waals surface area contributed by atoms with Crippen molar-refractivity contribution < 1.29 is 9.53 Å². The van der Waals surface area contributed by atoms with Crippen molar-refractivity contribution in [2.45, 2.75) is 43.4 Å². The molecule has 2 aromatic carbocycles. The number of ether oxygens (including phenoxy) is 1. The molecule has 2 aliphatic rings. The number of hydrogen-bond donors (Lipinski definition) is 0. The highest BCUT2D eigenvalue weighted by atomic mass is 16.5. The molecule has 33 heavy (non-hydrogen) atoms. The molecule has 2 saturated heterocycles. The first-order chi connectivity index (χ1) is 16.2. The van der Waals surface area contributed by atoms with E-state index in [0.29, 0.717) is 19.1 Å². The largest absolute Gasteiger partial charge is 0.381 e. The van der Waals surface area contributed by atoms with Gasteiger partial charge in [0.2, 0.25) is 5.91 Å². The second-order valence-corrected chi connectivity index (χ2v) is 9.34. The predicted octanol–water partition coefficient (Wildman–Crippen LogP) is 5.13. The Balaban J connectivity index is 1.27. The smallest absolute Gasteiger partial charge is 0.233 e. The highest BCUT2D eigenvalue weighted by Gasteiger charge is 2.44. The molecule has 2 aliphatic heterocycles. The molecule has 3 aromatic rings. The third-order valence-corrected chi connectivity index (χ3v) is 7.34. The molecule has 0 N–H and O–H groups in total. The highest BCUT2D eigenvalue weighted by Crippen LogP contribution is 2.38. The van der Waals surface area contributed by atoms with Crippen LogP contribution in [0.25, 0.3) is 0 Å². The van der Waals surface area contributed by atoms with Crippen LogP contribution in [0.4, 0.5) is 0 Å². The second-order valence-electron chi connectivity index (χ2n) is 9.34. The summed E-state index contributed by atoms with van der Waals surface area (Å²) in [5.41, 5.74) is 4.25. The number of hydrogen-bond acceptors (Lipinski definition) is 3. The van der Waals surface area contributed by atoms with Gasteiger partial charge in [0.25, 0.3) is 0 Å². The number of piperidine rings is 1. The van der Waals surface area contributed by atoms with Crippen LogP contribution in [-0.2, 0) is 21.4 Å². The standard InChI is InChI=1S/C29H32N2O2/c32-28(29(16-20-33-21-17-29)25-10-5-2-6-11-25)31-18-14-24(15-19-31)27-13-7-12-26(30-27)22-23-8-3-1-4-9-23/h1-13,24H,14-22H2. The monoisotopic (exact) mass is 440 g/mol. The Morgan fingerprint density at radius 2 is 1.55 bits per heavy atom. The lowest BCUT2D eigenvalue weighted by Crippen LogP contribution is -2.51. The molecule has 2 fully saturated rings. The highest BCUT2D eigenvalue weighted by molar-refractivity contribution is 5.88. The maximum absolute atomic E-state index is 13.8. The lowest BCUT2D eigenvalue weighted by atomic mass is 9.72. The molecule has 170 valence electrons. The molecule has 0 radical (unpaired) electrons. The first kappa shape index (κ1) is 21.8. The molecule has 0 unspecified atom stereocenters. The van der Waals surface area contributed by atoms with Gasteiger partial charge in [-0.2, -0.15) is 0 Å². The van der Waals surface area contributed by atoms with Crippen molar-refractivity contribution >= 4 is 5.91 Å². The van der Waals surface area contributed by atoms with E-state index in [1.165, 1.54) is 11.3 Å². The Hall–Kier alpha value is -2.98. The maximum Gasteiger partial charge on any atom is 0.233 e. The number of likely N-dealkylation sites (tertiary alicyclic amines) is 1. The van der Waals surface area contributed by atoms with Crippen molar-refractivity contribution in [2.75, 3.05) is 26.3 Å². The van der Waals surface area contributed by atoms with Gasteiger partial charge in [0.1, 0.15) is 0 Å². The summed E-state index contributed by atoms with van der Waals surface area (Å²) in [6.45, 7) is 2.89. The molecule has 0 aliphatic carbocycles. The zero-order chi connectivity index (χ0) is 22.5. The molecule has 0 saturated carbocycles. The summed E-state index contributed by atoms with van der Waals surface area (Å²) in [6, 6.07) is 27.2. The molecular formula is C29H32N2O2. The van der Waals surface area contributed by atoms with E-state index in [4.69, 9.17) is 9.72 Å². The Labute approximate surface area is 196 Å². The zero-order valence-corrected chi connectivity index (χ0v) is 19.2. The molecule has 1 aromatic heterocycles. The summed E-state index contributed by atoms with van der Waals surface area (Å²) in [5.74, 6) is 0.688. The fraction of sp³-hybridized carbons (Fsp3) is 0.379. The van der Waals surface area contributed by atoms with Gasteiger partial charge >= 0.3 is 0 Å². The molecule has 4 nitrogen and oxygen atoms in total. The van der Waals surface area contributed by atoms with Crippen LogP contribution >= 0.6 is 0 Å².